The number of aryl methyl sites for hydroxylation is 1. The maximum absolute atomic E-state index is 12.4. The molecule has 1 aliphatic carbocycles. The molecular formula is C17H19N3O3S. The Morgan fingerprint density at radius 1 is 1.17 bits per heavy atom. The van der Waals surface area contributed by atoms with E-state index in [2.05, 4.69) is 5.43 Å². The summed E-state index contributed by atoms with van der Waals surface area (Å²) < 4.78 is 24.8. The zero-order valence-corrected chi connectivity index (χ0v) is 14.0. The standard InChI is InChI=1S/C17H19N3O3S/c1-12-5-4-8-16(9-12)24(22,23)20(21)19-17(18)15-10-13-6-2-3-7-14(13)11-15/h2-9,15,21H,10-11H2,1H3,(H2,18,19). The lowest BCUT2D eigenvalue weighted by molar-refractivity contribution is -0.0248. The predicted molar refractivity (Wildman–Crippen MR) is 90.2 cm³/mol. The Labute approximate surface area is 141 Å². The Kier molecular flexibility index (Phi) is 4.40. The summed E-state index contributed by atoms with van der Waals surface area (Å²) in [6.45, 7) is 1.77. The van der Waals surface area contributed by atoms with Crippen molar-refractivity contribution in [2.75, 3.05) is 0 Å². The van der Waals surface area contributed by atoms with E-state index < -0.39 is 10.0 Å². The van der Waals surface area contributed by atoms with Crippen molar-refractivity contribution >= 4 is 15.9 Å². The summed E-state index contributed by atoms with van der Waals surface area (Å²) in [7, 11) is -4.12. The second kappa shape index (κ2) is 6.35. The van der Waals surface area contributed by atoms with Crippen LogP contribution < -0.4 is 5.43 Å². The molecule has 2 aromatic carbocycles. The van der Waals surface area contributed by atoms with Gasteiger partial charge in [0.1, 0.15) is 5.84 Å². The normalized spacial score (nSPS) is 14.6. The maximum atomic E-state index is 12.4. The Bertz CT molecular complexity index is 855. The van der Waals surface area contributed by atoms with E-state index in [-0.39, 0.29) is 21.2 Å². The van der Waals surface area contributed by atoms with E-state index in [0.29, 0.717) is 12.8 Å². The smallest absolute Gasteiger partial charge is 0.283 e. The van der Waals surface area contributed by atoms with Crippen LogP contribution in [0, 0.1) is 18.3 Å². The van der Waals surface area contributed by atoms with Crippen molar-refractivity contribution in [1.82, 2.24) is 10.0 Å². The van der Waals surface area contributed by atoms with E-state index in [1.54, 1.807) is 19.1 Å². The van der Waals surface area contributed by atoms with E-state index >= 15 is 0 Å². The highest BCUT2D eigenvalue weighted by Gasteiger charge is 2.29. The molecular weight excluding hydrogens is 326 g/mol. The summed E-state index contributed by atoms with van der Waals surface area (Å²) in [5, 5.41) is 18.1. The molecule has 0 saturated carbocycles. The largest absolute Gasteiger partial charge is 0.287 e. The van der Waals surface area contributed by atoms with Gasteiger partial charge in [0.25, 0.3) is 10.0 Å². The molecule has 0 unspecified atom stereocenters. The van der Waals surface area contributed by atoms with Crippen LogP contribution in [0.25, 0.3) is 0 Å². The topological polar surface area (TPSA) is 93.5 Å². The van der Waals surface area contributed by atoms with Gasteiger partial charge in [-0.2, -0.15) is 0 Å². The van der Waals surface area contributed by atoms with E-state index in [4.69, 9.17) is 5.41 Å². The van der Waals surface area contributed by atoms with Crippen LogP contribution in [0.5, 0.6) is 0 Å². The van der Waals surface area contributed by atoms with Crippen molar-refractivity contribution < 1.29 is 13.6 Å². The summed E-state index contributed by atoms with van der Waals surface area (Å²) in [6.07, 6.45) is 1.31. The second-order valence-corrected chi connectivity index (χ2v) is 7.73. The first-order valence-corrected chi connectivity index (χ1v) is 9.04. The number of hydrazine groups is 1. The van der Waals surface area contributed by atoms with Gasteiger partial charge in [0.15, 0.2) is 0 Å². The lowest BCUT2D eigenvalue weighted by atomic mass is 10.1. The first kappa shape index (κ1) is 16.6. The van der Waals surface area contributed by atoms with Crippen LogP contribution in [-0.4, -0.2) is 24.0 Å². The number of nitrogens with zero attached hydrogens (tertiary/aromatic N) is 1. The maximum Gasteiger partial charge on any atom is 0.283 e. The molecule has 7 heteroatoms. The highest BCUT2D eigenvalue weighted by molar-refractivity contribution is 7.89. The summed E-state index contributed by atoms with van der Waals surface area (Å²) in [5.41, 5.74) is 5.37. The van der Waals surface area contributed by atoms with E-state index in [1.807, 2.05) is 24.3 Å². The molecule has 0 aromatic heterocycles. The predicted octanol–water partition coefficient (Wildman–Crippen LogP) is 2.27. The minimum atomic E-state index is -4.12. The van der Waals surface area contributed by atoms with Gasteiger partial charge in [-0.15, -0.1) is 0 Å². The Morgan fingerprint density at radius 2 is 1.79 bits per heavy atom. The third-order valence-electron chi connectivity index (χ3n) is 4.19. The van der Waals surface area contributed by atoms with Crippen LogP contribution in [0.15, 0.2) is 53.4 Å². The first-order chi connectivity index (χ1) is 11.4. The van der Waals surface area contributed by atoms with Crippen LogP contribution >= 0.6 is 0 Å². The van der Waals surface area contributed by atoms with Crippen LogP contribution in [-0.2, 0) is 22.9 Å². The van der Waals surface area contributed by atoms with Gasteiger partial charge in [0.05, 0.1) is 4.90 Å². The fourth-order valence-corrected chi connectivity index (χ4v) is 3.90. The van der Waals surface area contributed by atoms with Gasteiger partial charge < -0.3 is 0 Å². The number of hydrogen-bond donors (Lipinski definition) is 3. The second-order valence-electron chi connectivity index (χ2n) is 5.96. The molecule has 6 nitrogen and oxygen atoms in total. The van der Waals surface area contributed by atoms with E-state index in [0.717, 1.165) is 16.7 Å². The van der Waals surface area contributed by atoms with Crippen LogP contribution in [0.1, 0.15) is 16.7 Å². The van der Waals surface area contributed by atoms with Gasteiger partial charge in [-0.05, 0) is 48.6 Å². The molecule has 24 heavy (non-hydrogen) atoms. The van der Waals surface area contributed by atoms with Crippen molar-refractivity contribution in [2.24, 2.45) is 5.92 Å². The van der Waals surface area contributed by atoms with Crippen LogP contribution in [0.4, 0.5) is 0 Å². The highest BCUT2D eigenvalue weighted by atomic mass is 32.2. The molecule has 3 rings (SSSR count). The van der Waals surface area contributed by atoms with Crippen LogP contribution in [0.3, 0.4) is 0 Å². The Balaban J connectivity index is 1.71. The molecule has 0 atom stereocenters. The lowest BCUT2D eigenvalue weighted by Crippen LogP contribution is -2.46. The third-order valence-corrected chi connectivity index (χ3v) is 5.59. The minimum Gasteiger partial charge on any atom is -0.287 e. The molecule has 3 N–H and O–H groups in total. The van der Waals surface area contributed by atoms with Gasteiger partial charge >= 0.3 is 0 Å². The van der Waals surface area contributed by atoms with Crippen molar-refractivity contribution in [3.05, 3.63) is 65.2 Å². The van der Waals surface area contributed by atoms with Crippen molar-refractivity contribution in [3.63, 3.8) is 0 Å². The summed E-state index contributed by atoms with van der Waals surface area (Å²) in [4.78, 5) is -0.0278. The van der Waals surface area contributed by atoms with E-state index in [9.17, 15) is 13.6 Å². The van der Waals surface area contributed by atoms with Gasteiger partial charge in [-0.25, -0.2) is 8.42 Å². The monoisotopic (exact) mass is 345 g/mol. The molecule has 0 fully saturated rings. The number of sulfonamides is 1. The summed E-state index contributed by atoms with van der Waals surface area (Å²) in [5.74, 6) is -0.199. The van der Waals surface area contributed by atoms with Crippen molar-refractivity contribution in [3.8, 4) is 0 Å². The molecule has 0 amide bonds. The van der Waals surface area contributed by atoms with Crippen LogP contribution in [0.2, 0.25) is 0 Å². The Hall–Kier alpha value is -2.22. The summed E-state index contributed by atoms with van der Waals surface area (Å²) >= 11 is 0. The molecule has 2 aromatic rings. The van der Waals surface area contributed by atoms with Gasteiger partial charge in [0.2, 0.25) is 0 Å². The molecule has 0 bridgehead atoms. The fourth-order valence-electron chi connectivity index (χ4n) is 2.89. The Morgan fingerprint density at radius 3 is 2.38 bits per heavy atom. The zero-order valence-electron chi connectivity index (χ0n) is 13.2. The molecule has 1 aliphatic rings. The van der Waals surface area contributed by atoms with Gasteiger partial charge in [-0.3, -0.25) is 16.0 Å². The average molecular weight is 345 g/mol. The minimum absolute atomic E-state index is 0.0232. The number of rotatable bonds is 4. The lowest BCUT2D eigenvalue weighted by Gasteiger charge is -2.20. The highest BCUT2D eigenvalue weighted by Crippen LogP contribution is 2.26. The summed E-state index contributed by atoms with van der Waals surface area (Å²) in [6, 6.07) is 14.1. The first-order valence-electron chi connectivity index (χ1n) is 7.60. The van der Waals surface area contributed by atoms with Crippen molar-refractivity contribution in [1.29, 1.82) is 5.41 Å². The molecule has 126 valence electrons. The van der Waals surface area contributed by atoms with E-state index in [1.165, 1.54) is 12.1 Å². The van der Waals surface area contributed by atoms with Crippen molar-refractivity contribution in [2.45, 2.75) is 24.7 Å². The number of nitrogens with one attached hydrogen (secondary N) is 2. The van der Waals surface area contributed by atoms with Gasteiger partial charge in [-0.1, -0.05) is 36.4 Å². The quantitative estimate of drug-likeness (QED) is 0.450. The number of amidine groups is 1. The molecule has 0 saturated heterocycles. The fraction of sp³-hybridized carbons (Fsp3) is 0.235. The third kappa shape index (κ3) is 3.19. The van der Waals surface area contributed by atoms with Gasteiger partial charge in [0, 0.05) is 10.5 Å². The number of fused-ring (bicyclic) bond motifs is 1. The SMILES string of the molecule is Cc1cccc(S(=O)(=O)N(O)NC(=N)C2Cc3ccccc3C2)c1. The zero-order chi connectivity index (χ0) is 17.3. The average Bonchev–Trinajstić information content (AvgIpc) is 2.99. The molecule has 0 heterocycles. The number of hydrogen-bond acceptors (Lipinski definition) is 4. The number of benzene rings is 2. The molecule has 0 spiro atoms. The molecule has 0 radical (unpaired) electrons. The molecule has 0 aliphatic heterocycles.